The lowest BCUT2D eigenvalue weighted by Gasteiger charge is -2.04. The number of carbonyl (C=O) groups is 1. The van der Waals surface area contributed by atoms with Crippen LogP contribution in [0.15, 0.2) is 18.2 Å². The molecule has 1 aliphatic heterocycles. The van der Waals surface area contributed by atoms with Gasteiger partial charge in [-0.3, -0.25) is 4.79 Å². The Morgan fingerprint density at radius 1 is 1.42 bits per heavy atom. The Morgan fingerprint density at radius 2 is 2.11 bits per heavy atom. The third kappa shape index (κ3) is 3.28. The molecule has 0 radical (unpaired) electrons. The predicted molar refractivity (Wildman–Crippen MR) is 72.4 cm³/mol. The summed E-state index contributed by atoms with van der Waals surface area (Å²) in [4.78, 5) is 10.7. The van der Waals surface area contributed by atoms with Gasteiger partial charge < -0.3 is 14.6 Å². The molecule has 0 fully saturated rings. The van der Waals surface area contributed by atoms with Crippen LogP contribution in [0.2, 0.25) is 0 Å². The van der Waals surface area contributed by atoms with Gasteiger partial charge in [0.1, 0.15) is 0 Å². The van der Waals surface area contributed by atoms with E-state index < -0.39 is 5.97 Å². The minimum absolute atomic E-state index is 0.276. The molecule has 0 aromatic heterocycles. The topological polar surface area (TPSA) is 55.8 Å². The second-order valence-corrected chi connectivity index (χ2v) is 4.78. The molecular weight excluding hydrogens is 244 g/mol. The van der Waals surface area contributed by atoms with E-state index in [2.05, 4.69) is 0 Å². The number of carboxylic acid groups (broad SMARTS) is 1. The van der Waals surface area contributed by atoms with Crippen LogP contribution >= 0.6 is 0 Å². The fraction of sp³-hybridized carbons (Fsp3) is 0.400. The molecule has 4 heteroatoms. The number of carboxylic acids is 1. The van der Waals surface area contributed by atoms with Gasteiger partial charge >= 0.3 is 5.97 Å². The minimum Gasteiger partial charge on any atom is -0.481 e. The molecule has 0 bridgehead atoms. The molecule has 1 atom stereocenters. The summed E-state index contributed by atoms with van der Waals surface area (Å²) in [5.41, 5.74) is 2.19. The van der Waals surface area contributed by atoms with Crippen molar-refractivity contribution in [2.75, 3.05) is 6.79 Å². The van der Waals surface area contributed by atoms with E-state index in [9.17, 15) is 4.79 Å². The number of benzene rings is 1. The third-order valence-corrected chi connectivity index (χ3v) is 3.25. The fourth-order valence-electron chi connectivity index (χ4n) is 1.92. The largest absolute Gasteiger partial charge is 0.481 e. The van der Waals surface area contributed by atoms with E-state index in [1.54, 1.807) is 6.92 Å². The third-order valence-electron chi connectivity index (χ3n) is 3.25. The molecule has 1 heterocycles. The lowest BCUT2D eigenvalue weighted by Crippen LogP contribution is -2.08. The summed E-state index contributed by atoms with van der Waals surface area (Å²) < 4.78 is 10.6. The molecular formula is C15H18O4. The molecule has 1 aromatic rings. The maximum Gasteiger partial charge on any atom is 0.306 e. The van der Waals surface area contributed by atoms with Crippen LogP contribution in [0.3, 0.4) is 0 Å². The van der Waals surface area contributed by atoms with Gasteiger partial charge in [-0.05, 0) is 43.0 Å². The minimum atomic E-state index is -0.743. The first kappa shape index (κ1) is 13.5. The van der Waals surface area contributed by atoms with Gasteiger partial charge in [0.05, 0.1) is 5.92 Å². The van der Waals surface area contributed by atoms with E-state index >= 15 is 0 Å². The predicted octanol–water partition coefficient (Wildman–Crippen LogP) is 3.24. The van der Waals surface area contributed by atoms with Gasteiger partial charge in [0.2, 0.25) is 6.79 Å². The molecule has 0 aliphatic carbocycles. The van der Waals surface area contributed by atoms with E-state index in [4.69, 9.17) is 14.6 Å². The van der Waals surface area contributed by atoms with Crippen LogP contribution in [0.25, 0.3) is 6.08 Å². The molecule has 102 valence electrons. The first-order chi connectivity index (χ1) is 9.08. The average Bonchev–Trinajstić information content (AvgIpc) is 2.81. The average molecular weight is 262 g/mol. The van der Waals surface area contributed by atoms with Gasteiger partial charge in [-0.15, -0.1) is 0 Å². The summed E-state index contributed by atoms with van der Waals surface area (Å²) in [6, 6.07) is 3.91. The normalized spacial score (nSPS) is 14.8. The number of aryl methyl sites for hydroxylation is 1. The van der Waals surface area contributed by atoms with Crippen molar-refractivity contribution in [2.45, 2.75) is 26.7 Å². The molecule has 1 aliphatic rings. The molecule has 1 N–H and O–H groups in total. The second kappa shape index (κ2) is 5.78. The monoisotopic (exact) mass is 262 g/mol. The van der Waals surface area contributed by atoms with E-state index in [-0.39, 0.29) is 12.7 Å². The highest BCUT2D eigenvalue weighted by Gasteiger charge is 2.14. The highest BCUT2D eigenvalue weighted by atomic mass is 16.7. The van der Waals surface area contributed by atoms with Gasteiger partial charge in [0.15, 0.2) is 11.5 Å². The lowest BCUT2D eigenvalue weighted by molar-refractivity contribution is -0.141. The number of rotatable bonds is 5. The van der Waals surface area contributed by atoms with Crippen LogP contribution < -0.4 is 9.47 Å². The van der Waals surface area contributed by atoms with E-state index in [1.165, 1.54) is 0 Å². The molecule has 0 spiro atoms. The Labute approximate surface area is 112 Å². The van der Waals surface area contributed by atoms with Gasteiger partial charge in [-0.2, -0.15) is 0 Å². The van der Waals surface area contributed by atoms with Crippen molar-refractivity contribution < 1.29 is 19.4 Å². The van der Waals surface area contributed by atoms with Gasteiger partial charge in [0.25, 0.3) is 0 Å². The number of hydrogen-bond donors (Lipinski definition) is 1. The van der Waals surface area contributed by atoms with E-state index in [0.717, 1.165) is 29.0 Å². The smallest absolute Gasteiger partial charge is 0.306 e. The lowest BCUT2D eigenvalue weighted by atomic mass is 10.0. The van der Waals surface area contributed by atoms with Crippen molar-refractivity contribution in [1.82, 2.24) is 0 Å². The molecule has 0 saturated heterocycles. The SMILES string of the molecule is Cc1cc2c(cc1/C=C/CCC(C)C(=O)O)OCO2. The zero-order valence-corrected chi connectivity index (χ0v) is 11.2. The number of aliphatic carboxylic acids is 1. The van der Waals surface area contributed by atoms with Crippen molar-refractivity contribution in [3.63, 3.8) is 0 Å². The fourth-order valence-corrected chi connectivity index (χ4v) is 1.92. The van der Waals surface area contributed by atoms with Gasteiger partial charge in [-0.25, -0.2) is 0 Å². The van der Waals surface area contributed by atoms with Crippen LogP contribution in [-0.4, -0.2) is 17.9 Å². The van der Waals surface area contributed by atoms with E-state index in [0.29, 0.717) is 6.42 Å². The zero-order chi connectivity index (χ0) is 13.8. The summed E-state index contributed by atoms with van der Waals surface area (Å²) in [6.45, 7) is 4.02. The maximum atomic E-state index is 10.7. The Balaban J connectivity index is 1.97. The van der Waals surface area contributed by atoms with Crippen LogP contribution in [0, 0.1) is 12.8 Å². The summed E-state index contributed by atoms with van der Waals surface area (Å²) in [5.74, 6) is 0.508. The number of hydrogen-bond acceptors (Lipinski definition) is 3. The summed E-state index contributed by atoms with van der Waals surface area (Å²) >= 11 is 0. The Kier molecular flexibility index (Phi) is 4.10. The quantitative estimate of drug-likeness (QED) is 0.885. The highest BCUT2D eigenvalue weighted by molar-refractivity contribution is 5.69. The van der Waals surface area contributed by atoms with Crippen molar-refractivity contribution >= 4 is 12.0 Å². The van der Waals surface area contributed by atoms with E-state index in [1.807, 2.05) is 31.2 Å². The molecule has 0 amide bonds. The zero-order valence-electron chi connectivity index (χ0n) is 11.2. The molecule has 1 unspecified atom stereocenters. The molecule has 0 saturated carbocycles. The highest BCUT2D eigenvalue weighted by Crippen LogP contribution is 2.35. The van der Waals surface area contributed by atoms with Crippen molar-refractivity contribution in [1.29, 1.82) is 0 Å². The Hall–Kier alpha value is -1.97. The molecule has 19 heavy (non-hydrogen) atoms. The Bertz CT molecular complexity index is 505. The standard InChI is InChI=1S/C15H18O4/c1-10(15(16)17)5-3-4-6-12-8-14-13(7-11(12)2)18-9-19-14/h4,6-8,10H,3,5,9H2,1-2H3,(H,16,17)/b6-4+. The molecule has 1 aromatic carbocycles. The summed E-state index contributed by atoms with van der Waals surface area (Å²) in [7, 11) is 0. The number of ether oxygens (including phenoxy) is 2. The summed E-state index contributed by atoms with van der Waals surface area (Å²) in [5, 5.41) is 8.79. The maximum absolute atomic E-state index is 10.7. The number of allylic oxidation sites excluding steroid dienone is 1. The van der Waals surface area contributed by atoms with Gasteiger partial charge in [0, 0.05) is 0 Å². The summed E-state index contributed by atoms with van der Waals surface area (Å²) in [6.07, 6.45) is 5.41. The molecule has 2 rings (SSSR count). The van der Waals surface area contributed by atoms with Crippen LogP contribution in [-0.2, 0) is 4.79 Å². The number of fused-ring (bicyclic) bond motifs is 1. The van der Waals surface area contributed by atoms with Crippen LogP contribution in [0.5, 0.6) is 11.5 Å². The first-order valence-corrected chi connectivity index (χ1v) is 6.37. The van der Waals surface area contributed by atoms with Crippen molar-refractivity contribution in [3.8, 4) is 11.5 Å². The first-order valence-electron chi connectivity index (χ1n) is 6.37. The van der Waals surface area contributed by atoms with Crippen molar-refractivity contribution in [2.24, 2.45) is 5.92 Å². The van der Waals surface area contributed by atoms with Crippen LogP contribution in [0.1, 0.15) is 30.9 Å². The Morgan fingerprint density at radius 3 is 2.79 bits per heavy atom. The van der Waals surface area contributed by atoms with Gasteiger partial charge in [-0.1, -0.05) is 19.1 Å². The van der Waals surface area contributed by atoms with Crippen molar-refractivity contribution in [3.05, 3.63) is 29.3 Å². The molecule has 4 nitrogen and oxygen atoms in total. The second-order valence-electron chi connectivity index (χ2n) is 4.78. The van der Waals surface area contributed by atoms with Crippen LogP contribution in [0.4, 0.5) is 0 Å².